The van der Waals surface area contributed by atoms with E-state index in [1.807, 2.05) is 0 Å². The van der Waals surface area contributed by atoms with Crippen molar-refractivity contribution in [3.63, 3.8) is 0 Å². The maximum Gasteiger partial charge on any atom is 0.446 e. The van der Waals surface area contributed by atoms with Gasteiger partial charge < -0.3 is 14.6 Å². The van der Waals surface area contributed by atoms with E-state index in [0.29, 0.717) is 5.56 Å². The van der Waals surface area contributed by atoms with Gasteiger partial charge in [-0.05, 0) is 30.8 Å². The quantitative estimate of drug-likeness (QED) is 0.676. The third-order valence-electron chi connectivity index (χ3n) is 3.20. The third-order valence-corrected chi connectivity index (χ3v) is 3.92. The number of alkyl halides is 3. The minimum absolute atomic E-state index is 0.0355. The molecule has 22 heavy (non-hydrogen) atoms. The molecule has 122 valence electrons. The molecule has 0 spiro atoms. The summed E-state index contributed by atoms with van der Waals surface area (Å²) in [5, 5.41) is 10.6. The Kier molecular flexibility index (Phi) is 4.91. The molecule has 0 fully saturated rings. The van der Waals surface area contributed by atoms with E-state index in [4.69, 9.17) is 9.47 Å². The standard InChI is InChI=1S/C14H15F3O4S/c1-2-20-12(18)8-13(19)5-6-21-11-7-9(3-4-10(11)13)22-14(15,16)17/h3-4,7,19H,2,5-6,8H2,1H3. The van der Waals surface area contributed by atoms with Gasteiger partial charge in [0, 0.05) is 16.9 Å². The number of thioether (sulfide) groups is 1. The van der Waals surface area contributed by atoms with Gasteiger partial charge in [0.2, 0.25) is 0 Å². The van der Waals surface area contributed by atoms with E-state index in [0.717, 1.165) is 0 Å². The fraction of sp³-hybridized carbons (Fsp3) is 0.500. The van der Waals surface area contributed by atoms with Crippen LogP contribution in [0.25, 0.3) is 0 Å². The average molecular weight is 336 g/mol. The smallest absolute Gasteiger partial charge is 0.446 e. The highest BCUT2D eigenvalue weighted by molar-refractivity contribution is 8.00. The molecule has 0 bridgehead atoms. The lowest BCUT2D eigenvalue weighted by Crippen LogP contribution is -2.35. The molecule has 1 unspecified atom stereocenters. The Morgan fingerprint density at radius 1 is 1.50 bits per heavy atom. The molecule has 1 aromatic rings. The Labute approximate surface area is 129 Å². The number of rotatable bonds is 4. The minimum atomic E-state index is -4.40. The lowest BCUT2D eigenvalue weighted by molar-refractivity contribution is -0.150. The lowest BCUT2D eigenvalue weighted by atomic mass is 9.85. The van der Waals surface area contributed by atoms with Gasteiger partial charge in [-0.1, -0.05) is 6.07 Å². The highest BCUT2D eigenvalue weighted by Gasteiger charge is 2.39. The maximum absolute atomic E-state index is 12.4. The molecule has 8 heteroatoms. The number of ether oxygens (including phenoxy) is 2. The molecule has 1 aromatic carbocycles. The normalized spacial score (nSPS) is 21.0. The minimum Gasteiger partial charge on any atom is -0.493 e. The summed E-state index contributed by atoms with van der Waals surface area (Å²) in [7, 11) is 0. The number of benzene rings is 1. The number of esters is 1. The van der Waals surface area contributed by atoms with Crippen molar-refractivity contribution >= 4 is 17.7 Å². The number of carbonyl (C=O) groups excluding carboxylic acids is 1. The summed E-state index contributed by atoms with van der Waals surface area (Å²) < 4.78 is 47.3. The lowest BCUT2D eigenvalue weighted by Gasteiger charge is -2.33. The predicted molar refractivity (Wildman–Crippen MR) is 73.6 cm³/mol. The van der Waals surface area contributed by atoms with Gasteiger partial charge in [-0.3, -0.25) is 4.79 Å². The van der Waals surface area contributed by atoms with Crippen LogP contribution in [0.4, 0.5) is 13.2 Å². The van der Waals surface area contributed by atoms with Crippen molar-refractivity contribution in [2.45, 2.75) is 35.8 Å². The molecule has 1 aliphatic heterocycles. The van der Waals surface area contributed by atoms with Crippen LogP contribution >= 0.6 is 11.8 Å². The molecule has 1 N–H and O–H groups in total. The van der Waals surface area contributed by atoms with Gasteiger partial charge >= 0.3 is 11.5 Å². The van der Waals surface area contributed by atoms with Gasteiger partial charge in [-0.15, -0.1) is 0 Å². The number of aliphatic hydroxyl groups is 1. The van der Waals surface area contributed by atoms with Crippen molar-refractivity contribution in [1.82, 2.24) is 0 Å². The second-order valence-electron chi connectivity index (χ2n) is 4.82. The molecule has 0 aromatic heterocycles. The van der Waals surface area contributed by atoms with E-state index in [-0.39, 0.29) is 48.5 Å². The monoisotopic (exact) mass is 336 g/mol. The molecule has 0 saturated carbocycles. The second kappa shape index (κ2) is 6.37. The summed E-state index contributed by atoms with van der Waals surface area (Å²) in [6.07, 6.45) is -0.0897. The van der Waals surface area contributed by atoms with Crippen LogP contribution in [0.3, 0.4) is 0 Å². The van der Waals surface area contributed by atoms with Crippen LogP contribution in [-0.2, 0) is 15.1 Å². The molecule has 4 nitrogen and oxygen atoms in total. The summed E-state index contributed by atoms with van der Waals surface area (Å²) in [4.78, 5) is 11.6. The van der Waals surface area contributed by atoms with Crippen LogP contribution in [0.5, 0.6) is 5.75 Å². The molecule has 1 heterocycles. The number of halogens is 3. The highest BCUT2D eigenvalue weighted by atomic mass is 32.2. The van der Waals surface area contributed by atoms with Crippen molar-refractivity contribution in [2.24, 2.45) is 0 Å². The Hall–Kier alpha value is -1.41. The zero-order chi connectivity index (χ0) is 16.4. The first kappa shape index (κ1) is 17.0. The van der Waals surface area contributed by atoms with Gasteiger partial charge in [0.1, 0.15) is 11.4 Å². The van der Waals surface area contributed by atoms with Gasteiger partial charge in [0.25, 0.3) is 0 Å². The van der Waals surface area contributed by atoms with E-state index >= 15 is 0 Å². The van der Waals surface area contributed by atoms with Crippen molar-refractivity contribution in [2.75, 3.05) is 13.2 Å². The summed E-state index contributed by atoms with van der Waals surface area (Å²) in [5.74, 6) is -0.404. The number of fused-ring (bicyclic) bond motifs is 1. The van der Waals surface area contributed by atoms with E-state index in [1.165, 1.54) is 18.2 Å². The first-order chi connectivity index (χ1) is 10.2. The molecule has 0 radical (unpaired) electrons. The maximum atomic E-state index is 12.4. The summed E-state index contributed by atoms with van der Waals surface area (Å²) in [5.41, 5.74) is -5.58. The van der Waals surface area contributed by atoms with Crippen LogP contribution in [0, 0.1) is 0 Å². The molecule has 1 atom stereocenters. The van der Waals surface area contributed by atoms with Crippen LogP contribution in [-0.4, -0.2) is 29.8 Å². The van der Waals surface area contributed by atoms with E-state index in [2.05, 4.69) is 0 Å². The first-order valence-corrected chi connectivity index (χ1v) is 7.46. The van der Waals surface area contributed by atoms with Crippen LogP contribution in [0.15, 0.2) is 23.1 Å². The topological polar surface area (TPSA) is 55.8 Å². The summed E-state index contributed by atoms with van der Waals surface area (Å²) >= 11 is -0.258. The molecule has 0 aliphatic carbocycles. The molecule has 0 saturated heterocycles. The van der Waals surface area contributed by atoms with Gasteiger partial charge in [-0.2, -0.15) is 13.2 Å². The fourth-order valence-electron chi connectivity index (χ4n) is 2.30. The molecule has 1 aliphatic rings. The molecule has 0 amide bonds. The van der Waals surface area contributed by atoms with Crippen LogP contribution < -0.4 is 4.74 Å². The van der Waals surface area contributed by atoms with Gasteiger partial charge in [-0.25, -0.2) is 0 Å². The van der Waals surface area contributed by atoms with E-state index in [1.54, 1.807) is 6.92 Å². The number of carbonyl (C=O) groups is 1. The number of hydrogen-bond acceptors (Lipinski definition) is 5. The Morgan fingerprint density at radius 3 is 2.86 bits per heavy atom. The van der Waals surface area contributed by atoms with E-state index in [9.17, 15) is 23.1 Å². The SMILES string of the molecule is CCOC(=O)CC1(O)CCOc2cc(SC(F)(F)F)ccc21. The van der Waals surface area contributed by atoms with Crippen molar-refractivity contribution in [1.29, 1.82) is 0 Å². The molecular formula is C14H15F3O4S. The zero-order valence-corrected chi connectivity index (χ0v) is 12.6. The molecule has 2 rings (SSSR count). The Balaban J connectivity index is 2.25. The highest BCUT2D eigenvalue weighted by Crippen LogP contribution is 2.44. The predicted octanol–water partition coefficient (Wildman–Crippen LogP) is 3.22. The summed E-state index contributed by atoms with van der Waals surface area (Å²) in [6, 6.07) is 3.84. The van der Waals surface area contributed by atoms with E-state index < -0.39 is 17.1 Å². The Morgan fingerprint density at radius 2 is 2.23 bits per heavy atom. The largest absolute Gasteiger partial charge is 0.493 e. The summed E-state index contributed by atoms with van der Waals surface area (Å²) in [6.45, 7) is 1.96. The number of hydrogen-bond donors (Lipinski definition) is 1. The van der Waals surface area contributed by atoms with Gasteiger partial charge in [0.15, 0.2) is 0 Å². The first-order valence-electron chi connectivity index (χ1n) is 6.64. The zero-order valence-electron chi connectivity index (χ0n) is 11.8. The van der Waals surface area contributed by atoms with Crippen LogP contribution in [0.1, 0.15) is 25.3 Å². The third kappa shape index (κ3) is 4.07. The Bertz CT molecular complexity index is 562. The molecular weight excluding hydrogens is 321 g/mol. The van der Waals surface area contributed by atoms with Crippen molar-refractivity contribution in [3.8, 4) is 5.75 Å². The van der Waals surface area contributed by atoms with Crippen molar-refractivity contribution in [3.05, 3.63) is 23.8 Å². The average Bonchev–Trinajstić information content (AvgIpc) is 2.36. The fourth-order valence-corrected chi connectivity index (χ4v) is 2.87. The van der Waals surface area contributed by atoms with Crippen LogP contribution in [0.2, 0.25) is 0 Å². The van der Waals surface area contributed by atoms with Crippen molar-refractivity contribution < 1.29 is 32.5 Å². The van der Waals surface area contributed by atoms with Gasteiger partial charge in [0.05, 0.1) is 19.6 Å². The second-order valence-corrected chi connectivity index (χ2v) is 5.96.